The summed E-state index contributed by atoms with van der Waals surface area (Å²) in [5.74, 6) is 0.390. The van der Waals surface area contributed by atoms with Crippen molar-refractivity contribution in [2.45, 2.75) is 57.2 Å². The van der Waals surface area contributed by atoms with Crippen molar-refractivity contribution in [1.29, 1.82) is 0 Å². The van der Waals surface area contributed by atoms with E-state index in [0.717, 1.165) is 36.5 Å². The smallest absolute Gasteiger partial charge is 0.249 e. The second kappa shape index (κ2) is 11.2. The minimum Gasteiger partial charge on any atom is -0.489 e. The van der Waals surface area contributed by atoms with Crippen LogP contribution in [0.3, 0.4) is 0 Å². The zero-order chi connectivity index (χ0) is 26.8. The molecule has 39 heavy (non-hydrogen) atoms. The van der Waals surface area contributed by atoms with Crippen LogP contribution in [0.5, 0.6) is 0 Å². The molecule has 0 saturated carbocycles. The van der Waals surface area contributed by atoms with Gasteiger partial charge in [0.25, 0.3) is 0 Å². The van der Waals surface area contributed by atoms with Crippen LogP contribution in [-0.4, -0.2) is 53.2 Å². The Bertz CT molecular complexity index is 1290. The number of imide groups is 1. The average molecular weight is 526 g/mol. The van der Waals surface area contributed by atoms with Crippen LogP contribution in [0.4, 0.5) is 0 Å². The summed E-state index contributed by atoms with van der Waals surface area (Å²) in [5, 5.41) is 2.37. The standard InChI is InChI=1S/C32H35N3O4/c36-30-14-13-28(31(37)33-30)35-20-27-26(32(35)38)7-4-8-29(27)39-21-23-11-9-22(10-12-23)19-34-17-15-25(16-18-34)24-5-2-1-3-6-24/h1-6,8-12,25-26,28H,7,13-21H2,(H,33,36,37). The van der Waals surface area contributed by atoms with Gasteiger partial charge in [-0.2, -0.15) is 0 Å². The number of hydrogen-bond acceptors (Lipinski definition) is 5. The van der Waals surface area contributed by atoms with Gasteiger partial charge in [0.2, 0.25) is 17.7 Å². The molecule has 3 saturated heterocycles. The fourth-order valence-corrected chi connectivity index (χ4v) is 6.33. The fraction of sp³-hybridized carbons (Fsp3) is 0.406. The molecule has 0 spiro atoms. The molecule has 3 heterocycles. The summed E-state index contributed by atoms with van der Waals surface area (Å²) >= 11 is 0. The van der Waals surface area contributed by atoms with Crippen molar-refractivity contribution in [2.75, 3.05) is 19.6 Å². The highest BCUT2D eigenvalue weighted by Gasteiger charge is 2.45. The first kappa shape index (κ1) is 25.6. The lowest BCUT2D eigenvalue weighted by molar-refractivity contribution is -0.144. The van der Waals surface area contributed by atoms with Gasteiger partial charge >= 0.3 is 0 Å². The first-order valence-electron chi connectivity index (χ1n) is 14.1. The second-order valence-corrected chi connectivity index (χ2v) is 11.1. The number of benzene rings is 2. The highest BCUT2D eigenvalue weighted by molar-refractivity contribution is 6.02. The Morgan fingerprint density at radius 1 is 0.897 bits per heavy atom. The van der Waals surface area contributed by atoms with Crippen molar-refractivity contribution in [3.63, 3.8) is 0 Å². The molecule has 6 rings (SSSR count). The maximum atomic E-state index is 13.1. The summed E-state index contributed by atoms with van der Waals surface area (Å²) in [6, 6.07) is 18.9. The number of carbonyl (C=O) groups excluding carboxylic acids is 3. The van der Waals surface area contributed by atoms with Gasteiger partial charge < -0.3 is 9.64 Å². The van der Waals surface area contributed by atoms with E-state index < -0.39 is 6.04 Å². The summed E-state index contributed by atoms with van der Waals surface area (Å²) in [6.45, 7) is 3.98. The maximum absolute atomic E-state index is 13.1. The van der Waals surface area contributed by atoms with Gasteiger partial charge in [0.15, 0.2) is 0 Å². The number of likely N-dealkylation sites (tertiary alicyclic amines) is 2. The number of nitrogens with one attached hydrogen (secondary N) is 1. The third kappa shape index (κ3) is 5.55. The van der Waals surface area contributed by atoms with E-state index in [1.165, 1.54) is 24.0 Å². The third-order valence-corrected chi connectivity index (χ3v) is 8.57. The topological polar surface area (TPSA) is 79.0 Å². The van der Waals surface area contributed by atoms with Crippen molar-refractivity contribution in [3.8, 4) is 0 Å². The SMILES string of the molecule is O=C1CCC(N2CC3=C(OCc4ccc(CN5CCC(c6ccccc6)CC5)cc4)C=CCC3C2=O)C(=O)N1. The van der Waals surface area contributed by atoms with Gasteiger partial charge in [0.05, 0.1) is 5.92 Å². The predicted molar refractivity (Wildman–Crippen MR) is 147 cm³/mol. The van der Waals surface area contributed by atoms with Gasteiger partial charge in [-0.3, -0.25) is 24.6 Å². The van der Waals surface area contributed by atoms with E-state index in [9.17, 15) is 14.4 Å². The molecule has 3 aliphatic heterocycles. The molecule has 0 aromatic heterocycles. The molecule has 202 valence electrons. The summed E-state index contributed by atoms with van der Waals surface area (Å²) in [4.78, 5) is 41.2. The lowest BCUT2D eigenvalue weighted by Gasteiger charge is -2.32. The number of amides is 3. The van der Waals surface area contributed by atoms with Gasteiger partial charge in [-0.15, -0.1) is 0 Å². The molecule has 7 nitrogen and oxygen atoms in total. The first-order valence-corrected chi connectivity index (χ1v) is 14.1. The summed E-state index contributed by atoms with van der Waals surface area (Å²) in [6.07, 6.45) is 7.56. The minimum absolute atomic E-state index is 0.0536. The van der Waals surface area contributed by atoms with Gasteiger partial charge in [0.1, 0.15) is 18.4 Å². The molecule has 1 aliphatic carbocycles. The van der Waals surface area contributed by atoms with E-state index in [1.807, 2.05) is 12.2 Å². The molecule has 3 fully saturated rings. The van der Waals surface area contributed by atoms with Crippen LogP contribution in [0.25, 0.3) is 0 Å². The molecular weight excluding hydrogens is 490 g/mol. The first-order chi connectivity index (χ1) is 19.0. The maximum Gasteiger partial charge on any atom is 0.249 e. The van der Waals surface area contributed by atoms with Gasteiger partial charge in [0, 0.05) is 25.1 Å². The fourth-order valence-electron chi connectivity index (χ4n) is 6.33. The molecule has 3 amide bonds. The second-order valence-electron chi connectivity index (χ2n) is 11.1. The quantitative estimate of drug-likeness (QED) is 0.552. The molecule has 2 unspecified atom stereocenters. The lowest BCUT2D eigenvalue weighted by atomic mass is 9.89. The van der Waals surface area contributed by atoms with E-state index in [0.29, 0.717) is 31.9 Å². The number of carbonyl (C=O) groups is 3. The number of ether oxygens (including phenoxy) is 1. The van der Waals surface area contributed by atoms with E-state index in [1.54, 1.807) is 4.90 Å². The molecule has 2 aromatic rings. The molecule has 7 heteroatoms. The third-order valence-electron chi connectivity index (χ3n) is 8.57. The van der Waals surface area contributed by atoms with Gasteiger partial charge in [-0.1, -0.05) is 60.7 Å². The molecule has 2 aromatic carbocycles. The van der Waals surface area contributed by atoms with Crippen molar-refractivity contribution in [3.05, 3.63) is 94.8 Å². The molecule has 4 aliphatic rings. The molecule has 0 radical (unpaired) electrons. The highest BCUT2D eigenvalue weighted by atomic mass is 16.5. The van der Waals surface area contributed by atoms with Crippen molar-refractivity contribution in [2.24, 2.45) is 5.92 Å². The number of piperidine rings is 2. The van der Waals surface area contributed by atoms with Gasteiger partial charge in [-0.05, 0) is 67.5 Å². The predicted octanol–water partition coefficient (Wildman–Crippen LogP) is 4.06. The summed E-state index contributed by atoms with van der Waals surface area (Å²) in [5.41, 5.74) is 4.78. The van der Waals surface area contributed by atoms with E-state index in [2.05, 4.69) is 64.8 Å². The number of rotatable bonds is 7. The summed E-state index contributed by atoms with van der Waals surface area (Å²) < 4.78 is 6.20. The zero-order valence-corrected chi connectivity index (χ0v) is 22.2. The normalized spacial score (nSPS) is 24.2. The number of fused-ring (bicyclic) bond motifs is 1. The minimum atomic E-state index is -0.591. The molecular formula is C32H35N3O4. The van der Waals surface area contributed by atoms with Crippen LogP contribution < -0.4 is 5.32 Å². The molecule has 1 N–H and O–H groups in total. The van der Waals surface area contributed by atoms with Crippen LogP contribution in [0.15, 0.2) is 78.1 Å². The average Bonchev–Trinajstić information content (AvgIpc) is 3.30. The van der Waals surface area contributed by atoms with Crippen LogP contribution in [0.1, 0.15) is 54.7 Å². The summed E-state index contributed by atoms with van der Waals surface area (Å²) in [7, 11) is 0. The van der Waals surface area contributed by atoms with E-state index >= 15 is 0 Å². The number of allylic oxidation sites excluding steroid dienone is 2. The zero-order valence-electron chi connectivity index (χ0n) is 22.2. The number of nitrogens with zero attached hydrogens (tertiary/aromatic N) is 2. The largest absolute Gasteiger partial charge is 0.489 e. The van der Waals surface area contributed by atoms with Crippen molar-refractivity contribution in [1.82, 2.24) is 15.1 Å². The van der Waals surface area contributed by atoms with Crippen LogP contribution in [0, 0.1) is 5.92 Å². The highest BCUT2D eigenvalue weighted by Crippen LogP contribution is 2.36. The van der Waals surface area contributed by atoms with E-state index in [-0.39, 0.29) is 30.1 Å². The Morgan fingerprint density at radius 3 is 2.38 bits per heavy atom. The Hall–Kier alpha value is -3.71. The molecule has 0 bridgehead atoms. The van der Waals surface area contributed by atoms with Crippen LogP contribution >= 0.6 is 0 Å². The Labute approximate surface area is 229 Å². The van der Waals surface area contributed by atoms with Crippen molar-refractivity contribution >= 4 is 17.7 Å². The number of hydrogen-bond donors (Lipinski definition) is 1. The Balaban J connectivity index is 1.03. The lowest BCUT2D eigenvalue weighted by Crippen LogP contribution is -2.53. The Morgan fingerprint density at radius 2 is 1.64 bits per heavy atom. The Kier molecular flexibility index (Phi) is 7.33. The van der Waals surface area contributed by atoms with Crippen LogP contribution in [0.2, 0.25) is 0 Å². The van der Waals surface area contributed by atoms with Gasteiger partial charge in [-0.25, -0.2) is 0 Å². The monoisotopic (exact) mass is 525 g/mol. The van der Waals surface area contributed by atoms with Crippen molar-refractivity contribution < 1.29 is 19.1 Å². The van der Waals surface area contributed by atoms with Crippen LogP contribution in [-0.2, 0) is 32.3 Å². The van der Waals surface area contributed by atoms with E-state index in [4.69, 9.17) is 4.74 Å². The molecule has 2 atom stereocenters.